The minimum Gasteiger partial charge on any atom is -0.371 e. The lowest BCUT2D eigenvalue weighted by molar-refractivity contribution is 0.565. The van der Waals surface area contributed by atoms with Crippen molar-refractivity contribution in [2.45, 2.75) is 26.3 Å². The third-order valence-corrected chi connectivity index (χ3v) is 5.13. The summed E-state index contributed by atoms with van der Waals surface area (Å²) in [5.41, 5.74) is 4.06. The summed E-state index contributed by atoms with van der Waals surface area (Å²) >= 11 is 0. The zero-order valence-electron chi connectivity index (χ0n) is 15.9. The van der Waals surface area contributed by atoms with Gasteiger partial charge in [0.2, 0.25) is 0 Å². The maximum absolute atomic E-state index is 4.38. The molecule has 0 bridgehead atoms. The quantitative estimate of drug-likeness (QED) is 0.619. The van der Waals surface area contributed by atoms with Crippen molar-refractivity contribution in [3.05, 3.63) is 65.7 Å². The summed E-state index contributed by atoms with van der Waals surface area (Å²) < 4.78 is 0. The highest BCUT2D eigenvalue weighted by Gasteiger charge is 2.22. The van der Waals surface area contributed by atoms with Gasteiger partial charge in [0.15, 0.2) is 5.96 Å². The van der Waals surface area contributed by atoms with Crippen LogP contribution in [0.15, 0.2) is 59.6 Å². The van der Waals surface area contributed by atoms with Gasteiger partial charge < -0.3 is 15.5 Å². The fraction of sp³-hybridized carbons (Fsp3) is 0.409. The highest BCUT2D eigenvalue weighted by Crippen LogP contribution is 2.22. The minimum absolute atomic E-state index is 0.650. The van der Waals surface area contributed by atoms with Crippen molar-refractivity contribution >= 4 is 11.6 Å². The van der Waals surface area contributed by atoms with Gasteiger partial charge in [-0.15, -0.1) is 0 Å². The third kappa shape index (κ3) is 4.78. The van der Waals surface area contributed by atoms with E-state index in [0.717, 1.165) is 38.6 Å². The molecule has 0 spiro atoms. The number of para-hydroxylation sites is 1. The second kappa shape index (κ2) is 9.27. The Kier molecular flexibility index (Phi) is 6.53. The molecule has 2 aromatic rings. The highest BCUT2D eigenvalue weighted by molar-refractivity contribution is 5.79. The summed E-state index contributed by atoms with van der Waals surface area (Å²) in [6, 6.07) is 19.3. The van der Waals surface area contributed by atoms with Crippen LogP contribution in [0.2, 0.25) is 0 Å². The van der Waals surface area contributed by atoms with Crippen molar-refractivity contribution in [2.24, 2.45) is 10.9 Å². The molecule has 4 nitrogen and oxygen atoms in total. The van der Waals surface area contributed by atoms with Crippen LogP contribution in [0.1, 0.15) is 24.5 Å². The number of benzene rings is 2. The number of guanidine groups is 1. The SMILES string of the molecule is CCc1ccccc1CNC(=NC)NCC1CCN(c2ccccc2)C1. The zero-order chi connectivity index (χ0) is 18.2. The van der Waals surface area contributed by atoms with E-state index in [9.17, 15) is 0 Å². The third-order valence-electron chi connectivity index (χ3n) is 5.13. The molecule has 0 saturated carbocycles. The van der Waals surface area contributed by atoms with Gasteiger partial charge in [-0.3, -0.25) is 4.99 Å². The van der Waals surface area contributed by atoms with E-state index in [0.29, 0.717) is 5.92 Å². The van der Waals surface area contributed by atoms with E-state index in [-0.39, 0.29) is 0 Å². The van der Waals surface area contributed by atoms with Gasteiger partial charge in [-0.2, -0.15) is 0 Å². The van der Waals surface area contributed by atoms with E-state index >= 15 is 0 Å². The number of nitrogens with one attached hydrogen (secondary N) is 2. The molecular formula is C22H30N4. The second-order valence-electron chi connectivity index (χ2n) is 6.87. The topological polar surface area (TPSA) is 39.7 Å². The van der Waals surface area contributed by atoms with Gasteiger partial charge >= 0.3 is 0 Å². The van der Waals surface area contributed by atoms with Gasteiger partial charge in [0.25, 0.3) is 0 Å². The molecule has 0 amide bonds. The number of aryl methyl sites for hydroxylation is 1. The second-order valence-corrected chi connectivity index (χ2v) is 6.87. The minimum atomic E-state index is 0.650. The first-order valence-electron chi connectivity index (χ1n) is 9.61. The molecule has 1 aliphatic rings. The van der Waals surface area contributed by atoms with Crippen LogP contribution in [0.25, 0.3) is 0 Å². The lowest BCUT2D eigenvalue weighted by Gasteiger charge is -2.19. The summed E-state index contributed by atoms with van der Waals surface area (Å²) in [6.45, 7) is 6.20. The fourth-order valence-corrected chi connectivity index (χ4v) is 3.59. The fourth-order valence-electron chi connectivity index (χ4n) is 3.59. The normalized spacial score (nSPS) is 17.4. The van der Waals surface area contributed by atoms with E-state index in [1.807, 2.05) is 7.05 Å². The van der Waals surface area contributed by atoms with Crippen molar-refractivity contribution < 1.29 is 0 Å². The molecule has 4 heteroatoms. The average molecular weight is 351 g/mol. The Morgan fingerprint density at radius 1 is 1.04 bits per heavy atom. The molecule has 0 radical (unpaired) electrons. The first-order valence-corrected chi connectivity index (χ1v) is 9.61. The Labute approximate surface area is 157 Å². The van der Waals surface area contributed by atoms with Gasteiger partial charge in [0.05, 0.1) is 0 Å². The summed E-state index contributed by atoms with van der Waals surface area (Å²) in [5, 5.41) is 6.96. The maximum Gasteiger partial charge on any atom is 0.191 e. The molecule has 2 N–H and O–H groups in total. The Hall–Kier alpha value is -2.49. The molecule has 26 heavy (non-hydrogen) atoms. The molecular weight excluding hydrogens is 320 g/mol. The molecule has 0 aromatic heterocycles. The summed E-state index contributed by atoms with van der Waals surface area (Å²) in [7, 11) is 1.84. The van der Waals surface area contributed by atoms with Crippen LogP contribution in [0.4, 0.5) is 5.69 Å². The van der Waals surface area contributed by atoms with E-state index in [4.69, 9.17) is 0 Å². The monoisotopic (exact) mass is 350 g/mol. The van der Waals surface area contributed by atoms with Crippen molar-refractivity contribution in [2.75, 3.05) is 31.6 Å². The van der Waals surface area contributed by atoms with Crippen LogP contribution in [-0.4, -0.2) is 32.6 Å². The van der Waals surface area contributed by atoms with Gasteiger partial charge in [-0.1, -0.05) is 49.4 Å². The first-order chi connectivity index (χ1) is 12.8. The van der Waals surface area contributed by atoms with Gasteiger partial charge in [0, 0.05) is 38.9 Å². The van der Waals surface area contributed by atoms with E-state index in [1.165, 1.54) is 23.2 Å². The number of aliphatic imine (C=N–C) groups is 1. The van der Waals surface area contributed by atoms with Crippen LogP contribution in [0.3, 0.4) is 0 Å². The van der Waals surface area contributed by atoms with Crippen molar-refractivity contribution in [1.82, 2.24) is 10.6 Å². The lowest BCUT2D eigenvalue weighted by atomic mass is 10.1. The largest absolute Gasteiger partial charge is 0.371 e. The van der Waals surface area contributed by atoms with Crippen molar-refractivity contribution in [3.63, 3.8) is 0 Å². The maximum atomic E-state index is 4.38. The van der Waals surface area contributed by atoms with E-state index < -0.39 is 0 Å². The standard InChI is InChI=1S/C22H30N4/c1-3-19-9-7-8-10-20(19)16-25-22(23-2)24-15-18-13-14-26(17-18)21-11-5-4-6-12-21/h4-12,18H,3,13-17H2,1-2H3,(H2,23,24,25). The summed E-state index contributed by atoms with van der Waals surface area (Å²) in [5.74, 6) is 1.53. The van der Waals surface area contributed by atoms with Crippen molar-refractivity contribution in [1.29, 1.82) is 0 Å². The molecule has 138 valence electrons. The lowest BCUT2D eigenvalue weighted by Crippen LogP contribution is -2.40. The predicted octanol–water partition coefficient (Wildman–Crippen LogP) is 3.44. The number of hydrogen-bond donors (Lipinski definition) is 2. The number of nitrogens with zero attached hydrogens (tertiary/aromatic N) is 2. The summed E-state index contributed by atoms with van der Waals surface area (Å²) in [6.07, 6.45) is 2.28. The van der Waals surface area contributed by atoms with E-state index in [1.54, 1.807) is 0 Å². The van der Waals surface area contributed by atoms with Gasteiger partial charge in [-0.05, 0) is 42.0 Å². The summed E-state index contributed by atoms with van der Waals surface area (Å²) in [4.78, 5) is 6.85. The highest BCUT2D eigenvalue weighted by atomic mass is 15.2. The predicted molar refractivity (Wildman–Crippen MR) is 111 cm³/mol. The Morgan fingerprint density at radius 3 is 2.50 bits per heavy atom. The smallest absolute Gasteiger partial charge is 0.191 e. The van der Waals surface area contributed by atoms with Gasteiger partial charge in [-0.25, -0.2) is 0 Å². The molecule has 1 fully saturated rings. The molecule has 1 heterocycles. The molecule has 3 rings (SSSR count). The van der Waals surface area contributed by atoms with Crippen LogP contribution < -0.4 is 15.5 Å². The van der Waals surface area contributed by atoms with Crippen LogP contribution >= 0.6 is 0 Å². The molecule has 1 unspecified atom stereocenters. The molecule has 1 aliphatic heterocycles. The number of anilines is 1. The number of hydrogen-bond acceptors (Lipinski definition) is 2. The zero-order valence-corrected chi connectivity index (χ0v) is 15.9. The Bertz CT molecular complexity index is 711. The molecule has 1 saturated heterocycles. The molecule has 2 aromatic carbocycles. The Morgan fingerprint density at radius 2 is 1.77 bits per heavy atom. The van der Waals surface area contributed by atoms with Crippen LogP contribution in [0, 0.1) is 5.92 Å². The van der Waals surface area contributed by atoms with Gasteiger partial charge in [0.1, 0.15) is 0 Å². The first kappa shape index (κ1) is 18.3. The average Bonchev–Trinajstić information content (AvgIpc) is 3.18. The molecule has 1 atom stereocenters. The van der Waals surface area contributed by atoms with Crippen molar-refractivity contribution in [3.8, 4) is 0 Å². The Balaban J connectivity index is 1.46. The number of rotatable bonds is 6. The molecule has 0 aliphatic carbocycles. The van der Waals surface area contributed by atoms with Crippen LogP contribution in [-0.2, 0) is 13.0 Å². The van der Waals surface area contributed by atoms with E-state index in [2.05, 4.69) is 82.0 Å². The van der Waals surface area contributed by atoms with Crippen LogP contribution in [0.5, 0.6) is 0 Å².